The van der Waals surface area contributed by atoms with Gasteiger partial charge >= 0.3 is 0 Å². The lowest BCUT2D eigenvalue weighted by atomic mass is 10.1. The van der Waals surface area contributed by atoms with E-state index in [0.717, 1.165) is 5.56 Å². The predicted octanol–water partition coefficient (Wildman–Crippen LogP) is 1.72. The molecule has 1 aromatic heterocycles. The molecule has 4 nitrogen and oxygen atoms in total. The third kappa shape index (κ3) is 2.89. The summed E-state index contributed by atoms with van der Waals surface area (Å²) in [6, 6.07) is 12.0. The van der Waals surface area contributed by atoms with E-state index in [1.165, 1.54) is 0 Å². The molecule has 2 aromatic rings. The molecule has 1 aromatic carbocycles. The van der Waals surface area contributed by atoms with E-state index in [9.17, 15) is 4.79 Å². The largest absolute Gasteiger partial charge is 0.324 e. The van der Waals surface area contributed by atoms with Crippen LogP contribution < -0.4 is 11.1 Å². The van der Waals surface area contributed by atoms with Gasteiger partial charge in [0.25, 0.3) is 0 Å². The third-order valence-corrected chi connectivity index (χ3v) is 2.39. The summed E-state index contributed by atoms with van der Waals surface area (Å²) in [5.74, 6) is -0.234. The molecule has 0 saturated carbocycles. The van der Waals surface area contributed by atoms with E-state index in [4.69, 9.17) is 5.73 Å². The lowest BCUT2D eigenvalue weighted by Crippen LogP contribution is -2.27. The number of rotatable bonds is 3. The van der Waals surface area contributed by atoms with Crippen LogP contribution in [0.25, 0.3) is 0 Å². The minimum atomic E-state index is -0.663. The van der Waals surface area contributed by atoms with Crippen molar-refractivity contribution < 1.29 is 4.79 Å². The summed E-state index contributed by atoms with van der Waals surface area (Å²) in [4.78, 5) is 15.7. The summed E-state index contributed by atoms with van der Waals surface area (Å²) >= 11 is 0. The number of benzene rings is 1. The molecule has 0 saturated heterocycles. The van der Waals surface area contributed by atoms with E-state index in [0.29, 0.717) is 5.69 Å². The van der Waals surface area contributed by atoms with Crippen molar-refractivity contribution in [3.05, 3.63) is 60.4 Å². The van der Waals surface area contributed by atoms with Crippen molar-refractivity contribution in [3.8, 4) is 0 Å². The van der Waals surface area contributed by atoms with Gasteiger partial charge in [-0.2, -0.15) is 0 Å². The van der Waals surface area contributed by atoms with Gasteiger partial charge in [0.1, 0.15) is 6.04 Å². The average Bonchev–Trinajstić information content (AvgIpc) is 2.40. The number of pyridine rings is 1. The molecule has 0 spiro atoms. The van der Waals surface area contributed by atoms with Gasteiger partial charge in [-0.1, -0.05) is 30.3 Å². The monoisotopic (exact) mass is 227 g/mol. The fourth-order valence-corrected chi connectivity index (χ4v) is 1.47. The van der Waals surface area contributed by atoms with Crippen molar-refractivity contribution in [1.29, 1.82) is 0 Å². The van der Waals surface area contributed by atoms with E-state index in [1.54, 1.807) is 24.5 Å². The SMILES string of the molecule is N[C@@H](C(=O)Nc1ccncc1)c1ccccc1. The van der Waals surface area contributed by atoms with Gasteiger partial charge in [-0.25, -0.2) is 0 Å². The van der Waals surface area contributed by atoms with Crippen LogP contribution in [0.3, 0.4) is 0 Å². The molecular weight excluding hydrogens is 214 g/mol. The Bertz CT molecular complexity index is 485. The Morgan fingerprint density at radius 1 is 1.12 bits per heavy atom. The zero-order valence-electron chi connectivity index (χ0n) is 9.21. The second kappa shape index (κ2) is 5.23. The predicted molar refractivity (Wildman–Crippen MR) is 66.2 cm³/mol. The zero-order chi connectivity index (χ0) is 12.1. The molecule has 0 fully saturated rings. The summed E-state index contributed by atoms with van der Waals surface area (Å²) < 4.78 is 0. The molecule has 0 radical (unpaired) electrons. The topological polar surface area (TPSA) is 68.0 Å². The van der Waals surface area contributed by atoms with Crippen molar-refractivity contribution in [2.45, 2.75) is 6.04 Å². The number of aromatic nitrogens is 1. The average molecular weight is 227 g/mol. The second-order valence-electron chi connectivity index (χ2n) is 3.61. The minimum absolute atomic E-state index is 0.234. The number of nitrogens with two attached hydrogens (primary N) is 1. The van der Waals surface area contributed by atoms with Crippen LogP contribution in [0.4, 0.5) is 5.69 Å². The number of amides is 1. The Morgan fingerprint density at radius 3 is 2.41 bits per heavy atom. The maximum Gasteiger partial charge on any atom is 0.245 e. The van der Waals surface area contributed by atoms with Crippen LogP contribution in [-0.4, -0.2) is 10.9 Å². The number of anilines is 1. The zero-order valence-corrected chi connectivity index (χ0v) is 9.21. The Kier molecular flexibility index (Phi) is 3.47. The van der Waals surface area contributed by atoms with Crippen LogP contribution in [0.15, 0.2) is 54.9 Å². The molecular formula is C13H13N3O. The first-order valence-electron chi connectivity index (χ1n) is 5.29. The molecule has 4 heteroatoms. The first-order valence-corrected chi connectivity index (χ1v) is 5.29. The number of carbonyl (C=O) groups excluding carboxylic acids is 1. The van der Waals surface area contributed by atoms with Gasteiger partial charge in [-0.3, -0.25) is 9.78 Å². The van der Waals surface area contributed by atoms with Gasteiger partial charge in [-0.05, 0) is 17.7 Å². The van der Waals surface area contributed by atoms with Crippen LogP contribution in [0.1, 0.15) is 11.6 Å². The fraction of sp³-hybridized carbons (Fsp3) is 0.0769. The van der Waals surface area contributed by atoms with E-state index < -0.39 is 6.04 Å². The first kappa shape index (κ1) is 11.3. The summed E-state index contributed by atoms with van der Waals surface area (Å²) in [6.45, 7) is 0. The van der Waals surface area contributed by atoms with Crippen LogP contribution in [-0.2, 0) is 4.79 Å². The second-order valence-corrected chi connectivity index (χ2v) is 3.61. The number of carbonyl (C=O) groups is 1. The lowest BCUT2D eigenvalue weighted by molar-refractivity contribution is -0.117. The highest BCUT2D eigenvalue weighted by atomic mass is 16.2. The van der Waals surface area contributed by atoms with Crippen molar-refractivity contribution in [3.63, 3.8) is 0 Å². The van der Waals surface area contributed by atoms with E-state index in [2.05, 4.69) is 10.3 Å². The highest BCUT2D eigenvalue weighted by molar-refractivity contribution is 5.95. The molecule has 0 aliphatic rings. The fourth-order valence-electron chi connectivity index (χ4n) is 1.47. The van der Waals surface area contributed by atoms with Gasteiger partial charge in [0.2, 0.25) is 5.91 Å². The summed E-state index contributed by atoms with van der Waals surface area (Å²) in [7, 11) is 0. The summed E-state index contributed by atoms with van der Waals surface area (Å²) in [5.41, 5.74) is 7.34. The third-order valence-electron chi connectivity index (χ3n) is 2.39. The van der Waals surface area contributed by atoms with Crippen LogP contribution in [0.2, 0.25) is 0 Å². The molecule has 1 atom stereocenters. The molecule has 0 aliphatic carbocycles. The van der Waals surface area contributed by atoms with Crippen LogP contribution >= 0.6 is 0 Å². The Hall–Kier alpha value is -2.20. The molecule has 3 N–H and O–H groups in total. The highest BCUT2D eigenvalue weighted by Gasteiger charge is 2.15. The first-order chi connectivity index (χ1) is 8.27. The van der Waals surface area contributed by atoms with Crippen LogP contribution in [0.5, 0.6) is 0 Å². The van der Waals surface area contributed by atoms with Gasteiger partial charge in [0.05, 0.1) is 0 Å². The quantitative estimate of drug-likeness (QED) is 0.838. The van der Waals surface area contributed by atoms with Gasteiger partial charge < -0.3 is 11.1 Å². The molecule has 17 heavy (non-hydrogen) atoms. The maximum atomic E-state index is 11.9. The molecule has 1 amide bonds. The lowest BCUT2D eigenvalue weighted by Gasteiger charge is -2.12. The highest BCUT2D eigenvalue weighted by Crippen LogP contribution is 2.12. The Morgan fingerprint density at radius 2 is 1.76 bits per heavy atom. The van der Waals surface area contributed by atoms with Crippen molar-refractivity contribution in [2.75, 3.05) is 5.32 Å². The van der Waals surface area contributed by atoms with Gasteiger partial charge in [-0.15, -0.1) is 0 Å². The minimum Gasteiger partial charge on any atom is -0.324 e. The van der Waals surface area contributed by atoms with E-state index in [1.807, 2.05) is 30.3 Å². The standard InChI is InChI=1S/C13H13N3O/c14-12(10-4-2-1-3-5-10)13(17)16-11-6-8-15-9-7-11/h1-9,12H,14H2,(H,15,16,17)/t12-/m1/s1. The number of hydrogen-bond donors (Lipinski definition) is 2. The molecule has 86 valence electrons. The van der Waals surface area contributed by atoms with Gasteiger partial charge in [0.15, 0.2) is 0 Å². The molecule has 2 rings (SSSR count). The molecule has 1 heterocycles. The molecule has 0 unspecified atom stereocenters. The van der Waals surface area contributed by atoms with Crippen molar-refractivity contribution in [1.82, 2.24) is 4.98 Å². The molecule has 0 aliphatic heterocycles. The van der Waals surface area contributed by atoms with E-state index in [-0.39, 0.29) is 5.91 Å². The van der Waals surface area contributed by atoms with Crippen molar-refractivity contribution in [2.24, 2.45) is 5.73 Å². The van der Waals surface area contributed by atoms with Gasteiger partial charge in [0, 0.05) is 18.1 Å². The number of nitrogens with one attached hydrogen (secondary N) is 1. The number of hydrogen-bond acceptors (Lipinski definition) is 3. The Labute approximate surface area is 99.5 Å². The van der Waals surface area contributed by atoms with Crippen LogP contribution in [0, 0.1) is 0 Å². The normalized spacial score (nSPS) is 11.8. The molecule has 0 bridgehead atoms. The van der Waals surface area contributed by atoms with Crippen molar-refractivity contribution >= 4 is 11.6 Å². The van der Waals surface area contributed by atoms with E-state index >= 15 is 0 Å². The Balaban J connectivity index is 2.06. The smallest absolute Gasteiger partial charge is 0.245 e. The summed E-state index contributed by atoms with van der Waals surface area (Å²) in [5, 5.41) is 2.74. The summed E-state index contributed by atoms with van der Waals surface area (Å²) in [6.07, 6.45) is 3.23. The maximum absolute atomic E-state index is 11.9. The number of nitrogens with zero attached hydrogens (tertiary/aromatic N) is 1.